The second-order valence-corrected chi connectivity index (χ2v) is 6.82. The number of fused-ring (bicyclic) bond motifs is 1. The van der Waals surface area contributed by atoms with E-state index in [9.17, 15) is 4.39 Å². The zero-order valence-electron chi connectivity index (χ0n) is 11.4. The van der Waals surface area contributed by atoms with E-state index in [1.807, 2.05) is 6.07 Å². The highest BCUT2D eigenvalue weighted by Crippen LogP contribution is 2.36. The van der Waals surface area contributed by atoms with Crippen molar-refractivity contribution in [3.05, 3.63) is 34.1 Å². The molecule has 2 fully saturated rings. The Bertz CT molecular complexity index is 471. The Labute approximate surface area is 134 Å². The summed E-state index contributed by atoms with van der Waals surface area (Å²) in [7, 11) is 0. The highest BCUT2D eigenvalue weighted by molar-refractivity contribution is 9.10. The highest BCUT2D eigenvalue weighted by atomic mass is 79.9. The summed E-state index contributed by atoms with van der Waals surface area (Å²) in [6.07, 6.45) is 3.74. The second kappa shape index (κ2) is 6.73. The summed E-state index contributed by atoms with van der Waals surface area (Å²) in [6.45, 7) is 3.03. The van der Waals surface area contributed by atoms with Crippen LogP contribution in [0.4, 0.5) is 4.39 Å². The Morgan fingerprint density at radius 2 is 2.10 bits per heavy atom. The molecule has 1 aromatic carbocycles. The summed E-state index contributed by atoms with van der Waals surface area (Å²) in [5, 5.41) is 0. The quantitative estimate of drug-likeness (QED) is 0.870. The van der Waals surface area contributed by atoms with E-state index in [4.69, 9.17) is 5.73 Å². The molecular formula is C15H21BrClFN2. The molecule has 1 saturated carbocycles. The third-order valence-electron chi connectivity index (χ3n) is 4.62. The number of likely N-dealkylation sites (tertiary alicyclic amines) is 1. The van der Waals surface area contributed by atoms with Crippen LogP contribution in [0.25, 0.3) is 0 Å². The van der Waals surface area contributed by atoms with E-state index in [1.54, 1.807) is 12.1 Å². The van der Waals surface area contributed by atoms with E-state index in [0.717, 1.165) is 31.1 Å². The molecule has 1 heterocycles. The van der Waals surface area contributed by atoms with Crippen LogP contribution in [0.2, 0.25) is 0 Å². The third kappa shape index (κ3) is 3.35. The minimum atomic E-state index is -0.175. The fourth-order valence-electron chi connectivity index (χ4n) is 3.63. The van der Waals surface area contributed by atoms with Gasteiger partial charge in [0.25, 0.3) is 0 Å². The molecule has 2 nitrogen and oxygen atoms in total. The molecule has 3 unspecified atom stereocenters. The largest absolute Gasteiger partial charge is 0.327 e. The molecule has 3 rings (SSSR count). The van der Waals surface area contributed by atoms with Crippen LogP contribution >= 0.6 is 28.3 Å². The summed E-state index contributed by atoms with van der Waals surface area (Å²) >= 11 is 3.19. The maximum atomic E-state index is 13.5. The van der Waals surface area contributed by atoms with Crippen LogP contribution in [-0.4, -0.2) is 24.0 Å². The van der Waals surface area contributed by atoms with Crippen molar-refractivity contribution < 1.29 is 4.39 Å². The molecule has 112 valence electrons. The van der Waals surface area contributed by atoms with Crippen molar-refractivity contribution in [1.82, 2.24) is 4.90 Å². The molecule has 1 aliphatic heterocycles. The minimum absolute atomic E-state index is 0. The van der Waals surface area contributed by atoms with Gasteiger partial charge in [-0.3, -0.25) is 4.90 Å². The molecule has 0 bridgehead atoms. The summed E-state index contributed by atoms with van der Waals surface area (Å²) in [5.74, 6) is 1.23. The smallest absolute Gasteiger partial charge is 0.137 e. The van der Waals surface area contributed by atoms with Gasteiger partial charge in [0, 0.05) is 25.7 Å². The molecule has 0 aromatic heterocycles. The van der Waals surface area contributed by atoms with Gasteiger partial charge in [-0.15, -0.1) is 12.4 Å². The lowest BCUT2D eigenvalue weighted by atomic mass is 9.78. The first-order chi connectivity index (χ1) is 9.13. The predicted molar refractivity (Wildman–Crippen MR) is 85.4 cm³/mol. The lowest BCUT2D eigenvalue weighted by Gasteiger charge is -2.29. The van der Waals surface area contributed by atoms with Gasteiger partial charge < -0.3 is 5.73 Å². The Hall–Kier alpha value is -0.160. The van der Waals surface area contributed by atoms with Crippen molar-refractivity contribution in [3.8, 4) is 0 Å². The van der Waals surface area contributed by atoms with Gasteiger partial charge in [-0.05, 0) is 58.3 Å². The second-order valence-electron chi connectivity index (χ2n) is 5.96. The molecule has 20 heavy (non-hydrogen) atoms. The van der Waals surface area contributed by atoms with E-state index in [1.165, 1.54) is 19.3 Å². The molecule has 0 spiro atoms. The number of halogens is 3. The Morgan fingerprint density at radius 1 is 1.30 bits per heavy atom. The summed E-state index contributed by atoms with van der Waals surface area (Å²) in [4.78, 5) is 2.43. The molecular weight excluding hydrogens is 343 g/mol. The van der Waals surface area contributed by atoms with Crippen LogP contribution < -0.4 is 5.73 Å². The zero-order chi connectivity index (χ0) is 13.4. The van der Waals surface area contributed by atoms with Crippen molar-refractivity contribution in [2.75, 3.05) is 13.1 Å². The molecule has 0 amide bonds. The molecule has 3 atom stereocenters. The molecule has 1 aliphatic carbocycles. The fourth-order valence-corrected chi connectivity index (χ4v) is 3.88. The van der Waals surface area contributed by atoms with Crippen LogP contribution in [0, 0.1) is 17.7 Å². The zero-order valence-corrected chi connectivity index (χ0v) is 13.8. The van der Waals surface area contributed by atoms with E-state index in [2.05, 4.69) is 20.8 Å². The van der Waals surface area contributed by atoms with Crippen LogP contribution in [-0.2, 0) is 6.54 Å². The molecule has 5 heteroatoms. The van der Waals surface area contributed by atoms with Crippen molar-refractivity contribution in [2.24, 2.45) is 17.6 Å². The Morgan fingerprint density at radius 3 is 2.80 bits per heavy atom. The van der Waals surface area contributed by atoms with Gasteiger partial charge >= 0.3 is 0 Å². The normalized spacial score (nSPS) is 29.9. The molecule has 1 aromatic rings. The van der Waals surface area contributed by atoms with Crippen LogP contribution in [0.3, 0.4) is 0 Å². The third-order valence-corrected chi connectivity index (χ3v) is 5.26. The molecule has 2 aliphatic rings. The van der Waals surface area contributed by atoms with Crippen molar-refractivity contribution >= 4 is 28.3 Å². The van der Waals surface area contributed by atoms with Crippen LogP contribution in [0.5, 0.6) is 0 Å². The maximum Gasteiger partial charge on any atom is 0.137 e. The first kappa shape index (κ1) is 16.2. The van der Waals surface area contributed by atoms with Crippen molar-refractivity contribution in [1.29, 1.82) is 0 Å². The van der Waals surface area contributed by atoms with Crippen molar-refractivity contribution in [2.45, 2.75) is 31.8 Å². The van der Waals surface area contributed by atoms with Crippen LogP contribution in [0.15, 0.2) is 22.7 Å². The predicted octanol–water partition coefficient (Wildman–Crippen LogP) is 3.57. The molecule has 2 N–H and O–H groups in total. The SMILES string of the molecule is Cl.NC1CCCC2CN(Cc3ccc(Br)c(F)c3)CC12. The number of nitrogens with two attached hydrogens (primary N) is 1. The number of hydrogen-bond acceptors (Lipinski definition) is 2. The number of benzene rings is 1. The van der Waals surface area contributed by atoms with Gasteiger partial charge in [-0.1, -0.05) is 12.5 Å². The van der Waals surface area contributed by atoms with Crippen molar-refractivity contribution in [3.63, 3.8) is 0 Å². The minimum Gasteiger partial charge on any atom is -0.327 e. The summed E-state index contributed by atoms with van der Waals surface area (Å²) < 4.78 is 14.1. The fraction of sp³-hybridized carbons (Fsp3) is 0.600. The van der Waals surface area contributed by atoms with Gasteiger partial charge in [0.2, 0.25) is 0 Å². The molecule has 1 saturated heterocycles. The first-order valence-electron chi connectivity index (χ1n) is 7.05. The van der Waals surface area contributed by atoms with Gasteiger partial charge in [-0.2, -0.15) is 0 Å². The summed E-state index contributed by atoms with van der Waals surface area (Å²) in [5.41, 5.74) is 7.28. The van der Waals surface area contributed by atoms with Gasteiger partial charge in [0.15, 0.2) is 0 Å². The van der Waals surface area contributed by atoms with Gasteiger partial charge in [0.1, 0.15) is 5.82 Å². The van der Waals surface area contributed by atoms with Crippen LogP contribution in [0.1, 0.15) is 24.8 Å². The van der Waals surface area contributed by atoms with E-state index in [-0.39, 0.29) is 18.2 Å². The topological polar surface area (TPSA) is 29.3 Å². The average molecular weight is 364 g/mol. The average Bonchev–Trinajstić information content (AvgIpc) is 2.78. The van der Waals surface area contributed by atoms with Gasteiger partial charge in [0.05, 0.1) is 4.47 Å². The Balaban J connectivity index is 0.00000147. The maximum absolute atomic E-state index is 13.5. The first-order valence-corrected chi connectivity index (χ1v) is 7.84. The van der Waals surface area contributed by atoms with E-state index >= 15 is 0 Å². The van der Waals surface area contributed by atoms with E-state index in [0.29, 0.717) is 16.4 Å². The standard InChI is InChI=1S/C15H20BrFN2.ClH/c16-13-5-4-10(6-14(13)17)7-19-8-11-2-1-3-15(18)12(11)9-19;/h4-6,11-12,15H,1-3,7-9,18H2;1H. The summed E-state index contributed by atoms with van der Waals surface area (Å²) in [6, 6.07) is 5.78. The highest BCUT2D eigenvalue weighted by Gasteiger charge is 2.38. The number of rotatable bonds is 2. The number of hydrogen-bond donors (Lipinski definition) is 1. The van der Waals surface area contributed by atoms with E-state index < -0.39 is 0 Å². The Kier molecular flexibility index (Phi) is 5.46. The number of nitrogens with zero attached hydrogens (tertiary/aromatic N) is 1. The monoisotopic (exact) mass is 362 g/mol. The lowest BCUT2D eigenvalue weighted by molar-refractivity contribution is 0.259. The molecule has 0 radical (unpaired) electrons. The van der Waals surface area contributed by atoms with Gasteiger partial charge in [-0.25, -0.2) is 4.39 Å². The lowest BCUT2D eigenvalue weighted by Crippen LogP contribution is -2.38.